The van der Waals surface area contributed by atoms with Crippen LogP contribution in [-0.4, -0.2) is 15.0 Å². The first-order valence-corrected chi connectivity index (χ1v) is 10.0. The van der Waals surface area contributed by atoms with Crippen molar-refractivity contribution >= 4 is 60.6 Å². The van der Waals surface area contributed by atoms with Gasteiger partial charge in [-0.25, -0.2) is 4.79 Å². The van der Waals surface area contributed by atoms with E-state index in [2.05, 4.69) is 0 Å². The Bertz CT molecular complexity index is 1540. The lowest BCUT2D eigenvalue weighted by atomic mass is 10.2. The number of carbonyl (C=O) groups excluding carboxylic acids is 1. The zero-order valence-corrected chi connectivity index (χ0v) is 16.7. The van der Waals surface area contributed by atoms with Crippen LogP contribution in [0.25, 0.3) is 21.1 Å². The minimum atomic E-state index is -0.965. The second-order valence-electron chi connectivity index (χ2n) is 6.14. The Kier molecular flexibility index (Phi) is 5.09. The molecule has 0 N–H and O–H groups in total. The third-order valence-corrected chi connectivity index (χ3v) is 6.23. The number of hydrogen-bond acceptors (Lipinski definition) is 10. The number of benzene rings is 2. The highest BCUT2D eigenvalue weighted by molar-refractivity contribution is 8.14. The van der Waals surface area contributed by atoms with Gasteiger partial charge in [-0.2, -0.15) is 0 Å². The van der Waals surface area contributed by atoms with E-state index in [1.54, 1.807) is 0 Å². The van der Waals surface area contributed by atoms with E-state index in [1.165, 1.54) is 48.5 Å². The van der Waals surface area contributed by atoms with Gasteiger partial charge in [0.25, 0.3) is 5.69 Å². The van der Waals surface area contributed by atoms with Crippen LogP contribution < -0.4 is 10.4 Å². The molecule has 10 nitrogen and oxygen atoms in total. The van der Waals surface area contributed by atoms with Gasteiger partial charge in [0.05, 0.1) is 15.4 Å². The zero-order valence-electron chi connectivity index (χ0n) is 15.1. The summed E-state index contributed by atoms with van der Waals surface area (Å²) in [6, 6.07) is 10.8. The Balaban J connectivity index is 1.76. The molecule has 0 saturated heterocycles. The van der Waals surface area contributed by atoms with Gasteiger partial charge in [-0.05, 0) is 29.3 Å². The lowest BCUT2D eigenvalue weighted by Crippen LogP contribution is -2.11. The van der Waals surface area contributed by atoms with E-state index in [1.807, 2.05) is 0 Å². The molecular weight excluding hydrogens is 448 g/mol. The molecule has 0 fully saturated rings. The highest BCUT2D eigenvalue weighted by Gasteiger charge is 2.21. The summed E-state index contributed by atoms with van der Waals surface area (Å²) in [5, 5.41) is 22.1. The lowest BCUT2D eigenvalue weighted by molar-refractivity contribution is -0.383. The summed E-state index contributed by atoms with van der Waals surface area (Å²) >= 11 is 1.01. The molecule has 2 aromatic carbocycles. The molecule has 0 radical (unpaired) electrons. The quantitative estimate of drug-likeness (QED) is 0.191. The van der Waals surface area contributed by atoms with E-state index in [9.17, 15) is 34.6 Å². The van der Waals surface area contributed by atoms with Crippen LogP contribution in [0.3, 0.4) is 0 Å². The molecule has 0 aliphatic rings. The second kappa shape index (κ2) is 7.74. The highest BCUT2D eigenvalue weighted by Crippen LogP contribution is 2.31. The van der Waals surface area contributed by atoms with Gasteiger partial charge in [-0.3, -0.25) is 29.8 Å². The van der Waals surface area contributed by atoms with Gasteiger partial charge in [0.1, 0.15) is 9.60 Å². The second-order valence-corrected chi connectivity index (χ2v) is 8.14. The van der Waals surface area contributed by atoms with Crippen LogP contribution in [0.2, 0.25) is 0 Å². The molecule has 0 spiro atoms. The van der Waals surface area contributed by atoms with Crippen molar-refractivity contribution in [1.82, 2.24) is 0 Å². The number of nitro groups is 2. The predicted molar refractivity (Wildman–Crippen MR) is 114 cm³/mol. The SMILES string of the molecule is O=C(Sc1cc2cccc([N+](=O)[O-])c2oc1=O)c1cc2cccc([N+](=O)[O-])c2sc1=O. The summed E-state index contributed by atoms with van der Waals surface area (Å²) in [4.78, 5) is 58.2. The molecular formula is C19H8N2O8S2. The lowest BCUT2D eigenvalue weighted by Gasteiger charge is -2.03. The van der Waals surface area contributed by atoms with E-state index < -0.39 is 31.0 Å². The van der Waals surface area contributed by atoms with Crippen molar-refractivity contribution in [3.8, 4) is 0 Å². The fraction of sp³-hybridized carbons (Fsp3) is 0. The smallest absolute Gasteiger partial charge is 0.350 e. The number of para-hydroxylation sites is 1. The molecule has 4 rings (SSSR count). The monoisotopic (exact) mass is 456 g/mol. The summed E-state index contributed by atoms with van der Waals surface area (Å²) in [7, 11) is 0. The summed E-state index contributed by atoms with van der Waals surface area (Å²) in [6.07, 6.45) is 0. The molecule has 0 saturated carbocycles. The minimum absolute atomic E-state index is 0.136. The van der Waals surface area contributed by atoms with Crippen LogP contribution in [0.4, 0.5) is 11.4 Å². The van der Waals surface area contributed by atoms with Crippen LogP contribution in [0.5, 0.6) is 0 Å². The number of rotatable bonds is 4. The van der Waals surface area contributed by atoms with Crippen molar-refractivity contribution in [2.24, 2.45) is 0 Å². The molecule has 0 atom stereocenters. The number of nitro benzene ring substituents is 2. The van der Waals surface area contributed by atoms with Gasteiger partial charge < -0.3 is 4.42 Å². The van der Waals surface area contributed by atoms with Crippen molar-refractivity contribution < 1.29 is 19.1 Å². The van der Waals surface area contributed by atoms with E-state index in [0.29, 0.717) is 28.5 Å². The van der Waals surface area contributed by atoms with Crippen molar-refractivity contribution in [2.75, 3.05) is 0 Å². The third-order valence-electron chi connectivity index (χ3n) is 4.26. The van der Waals surface area contributed by atoms with Crippen LogP contribution in [0.1, 0.15) is 10.4 Å². The Labute approximate surface area is 179 Å². The maximum Gasteiger partial charge on any atom is 0.350 e. The van der Waals surface area contributed by atoms with Gasteiger partial charge in [-0.15, -0.1) is 0 Å². The number of nitrogens with zero attached hydrogens (tertiary/aromatic N) is 2. The average Bonchev–Trinajstić information content (AvgIpc) is 2.72. The number of non-ortho nitro benzene ring substituents is 2. The van der Waals surface area contributed by atoms with E-state index >= 15 is 0 Å². The summed E-state index contributed by atoms with van der Waals surface area (Å²) in [5.41, 5.74) is -2.08. The van der Waals surface area contributed by atoms with Crippen LogP contribution in [-0.2, 0) is 0 Å². The molecule has 0 bridgehead atoms. The standard InChI is InChI=1S/C19H8N2O8S2/c22-17-14(8-9-3-1-5-12(20(25)26)15(9)29-17)30-18(23)11-7-10-4-2-6-13(21(27)28)16(10)31-19(11)24/h1-8H. The van der Waals surface area contributed by atoms with Gasteiger partial charge >= 0.3 is 11.3 Å². The number of fused-ring (bicyclic) bond motifs is 2. The van der Waals surface area contributed by atoms with Gasteiger partial charge in [0.2, 0.25) is 15.4 Å². The third kappa shape index (κ3) is 3.69. The maximum absolute atomic E-state index is 12.7. The number of thioether (sulfide) groups is 1. The number of carbonyl (C=O) groups is 1. The summed E-state index contributed by atoms with van der Waals surface area (Å²) in [6.45, 7) is 0. The molecule has 0 aliphatic heterocycles. The number of hydrogen-bond donors (Lipinski definition) is 0. The van der Waals surface area contributed by atoms with E-state index in [4.69, 9.17) is 4.42 Å². The summed E-state index contributed by atoms with van der Waals surface area (Å²) < 4.78 is 4.49. The van der Waals surface area contributed by atoms with Crippen molar-refractivity contribution in [3.63, 3.8) is 0 Å². The molecule has 2 aromatic heterocycles. The largest absolute Gasteiger partial charge is 0.414 e. The molecule has 0 amide bonds. The van der Waals surface area contributed by atoms with Crippen molar-refractivity contribution in [3.05, 3.63) is 94.3 Å². The Hall–Kier alpha value is -3.90. The van der Waals surface area contributed by atoms with Crippen LogP contribution in [0, 0.1) is 20.2 Å². The van der Waals surface area contributed by atoms with Crippen LogP contribution >= 0.6 is 23.1 Å². The fourth-order valence-corrected chi connectivity index (χ4v) is 4.67. The highest BCUT2D eigenvalue weighted by atomic mass is 32.2. The van der Waals surface area contributed by atoms with Crippen molar-refractivity contribution in [1.29, 1.82) is 0 Å². The molecule has 0 aliphatic carbocycles. The molecule has 2 heterocycles. The summed E-state index contributed by atoms with van der Waals surface area (Å²) in [5.74, 6) is 0. The Morgan fingerprint density at radius 1 is 0.935 bits per heavy atom. The predicted octanol–water partition coefficient (Wildman–Crippen LogP) is 4.12. The van der Waals surface area contributed by atoms with E-state index in [-0.39, 0.29) is 31.8 Å². The maximum atomic E-state index is 12.7. The first kappa shape index (κ1) is 20.4. The Morgan fingerprint density at radius 3 is 2.26 bits per heavy atom. The molecule has 154 valence electrons. The van der Waals surface area contributed by atoms with E-state index in [0.717, 1.165) is 0 Å². The van der Waals surface area contributed by atoms with Gasteiger partial charge in [-0.1, -0.05) is 35.6 Å². The topological polar surface area (TPSA) is 151 Å². The minimum Gasteiger partial charge on any atom is -0.414 e. The van der Waals surface area contributed by atoms with Crippen molar-refractivity contribution in [2.45, 2.75) is 4.90 Å². The van der Waals surface area contributed by atoms with Gasteiger partial charge in [0.15, 0.2) is 0 Å². The molecule has 31 heavy (non-hydrogen) atoms. The first-order valence-electron chi connectivity index (χ1n) is 8.41. The fourth-order valence-electron chi connectivity index (χ4n) is 2.90. The van der Waals surface area contributed by atoms with Crippen LogP contribution in [0.15, 0.2) is 67.4 Å². The molecule has 0 unspecified atom stereocenters. The molecule has 12 heteroatoms. The zero-order chi connectivity index (χ0) is 22.3. The average molecular weight is 456 g/mol. The molecule has 4 aromatic rings. The Morgan fingerprint density at radius 2 is 1.58 bits per heavy atom. The first-order chi connectivity index (χ1) is 14.8. The van der Waals surface area contributed by atoms with Gasteiger partial charge in [0, 0.05) is 17.5 Å². The normalized spacial score (nSPS) is 11.0.